The van der Waals surface area contributed by atoms with Crippen LogP contribution >= 0.6 is 11.8 Å². The van der Waals surface area contributed by atoms with Gasteiger partial charge in [-0.05, 0) is 36.8 Å². The number of rotatable bonds is 3. The van der Waals surface area contributed by atoms with Gasteiger partial charge in [-0.25, -0.2) is 4.79 Å². The van der Waals surface area contributed by atoms with Gasteiger partial charge in [-0.15, -0.1) is 0 Å². The summed E-state index contributed by atoms with van der Waals surface area (Å²) in [5, 5.41) is 9.37. The highest BCUT2D eigenvalue weighted by Crippen LogP contribution is 2.27. The molecule has 0 radical (unpaired) electrons. The molecule has 3 rings (SSSR count). The van der Waals surface area contributed by atoms with E-state index in [1.165, 1.54) is 22.8 Å². The summed E-state index contributed by atoms with van der Waals surface area (Å²) in [7, 11) is 0. The summed E-state index contributed by atoms with van der Waals surface area (Å²) in [6, 6.07) is 4.38. The van der Waals surface area contributed by atoms with Crippen LogP contribution in [0.25, 0.3) is 11.0 Å². The highest BCUT2D eigenvalue weighted by Gasteiger charge is 2.19. The van der Waals surface area contributed by atoms with E-state index < -0.39 is 17.1 Å². The van der Waals surface area contributed by atoms with Crippen LogP contribution < -0.4 is 11.1 Å². The second-order valence-electron chi connectivity index (χ2n) is 5.04. The van der Waals surface area contributed by atoms with Gasteiger partial charge in [0, 0.05) is 11.8 Å². The minimum Gasteiger partial charge on any atom is -0.478 e. The van der Waals surface area contributed by atoms with Gasteiger partial charge >= 0.3 is 17.1 Å². The van der Waals surface area contributed by atoms with Crippen LogP contribution in [0.4, 0.5) is 0 Å². The largest absolute Gasteiger partial charge is 0.478 e. The van der Waals surface area contributed by atoms with E-state index in [4.69, 9.17) is 5.11 Å². The van der Waals surface area contributed by atoms with E-state index in [2.05, 4.69) is 4.98 Å². The topological polar surface area (TPSA) is 92.2 Å². The molecule has 2 N–H and O–H groups in total. The van der Waals surface area contributed by atoms with Crippen molar-refractivity contribution in [1.82, 2.24) is 9.55 Å². The number of aromatic carboxylic acids is 1. The lowest BCUT2D eigenvalue weighted by Gasteiger charge is -2.14. The molecule has 2 heterocycles. The number of carboxylic acids is 1. The lowest BCUT2D eigenvalue weighted by molar-refractivity contribution is 0.0697. The Morgan fingerprint density at radius 2 is 2.24 bits per heavy atom. The van der Waals surface area contributed by atoms with Crippen LogP contribution in [0.2, 0.25) is 0 Å². The number of aromatic amines is 1. The van der Waals surface area contributed by atoms with E-state index in [-0.39, 0.29) is 5.56 Å². The third kappa shape index (κ3) is 2.61. The van der Waals surface area contributed by atoms with Crippen molar-refractivity contribution < 1.29 is 9.90 Å². The molecule has 0 saturated carbocycles. The third-order valence-electron chi connectivity index (χ3n) is 3.63. The van der Waals surface area contributed by atoms with E-state index in [9.17, 15) is 14.4 Å². The number of hydrogen-bond donors (Lipinski definition) is 2. The number of nitrogens with zero attached hydrogens (tertiary/aromatic N) is 1. The number of fused-ring (bicyclic) bond motifs is 1. The molecular formula is C14H14N2O4S. The quantitative estimate of drug-likeness (QED) is 0.834. The zero-order valence-corrected chi connectivity index (χ0v) is 12.0. The Morgan fingerprint density at radius 3 is 2.90 bits per heavy atom. The Kier molecular flexibility index (Phi) is 3.59. The standard InChI is InChI=1S/C14H14N2O4S/c17-12-13(18)16(7-9-2-1-5-21-9)11-6-8(14(19)20)3-4-10(11)15-12/h3-4,6,9H,1-2,5,7H2,(H,15,17)(H,19,20). The molecule has 1 fully saturated rings. The molecule has 21 heavy (non-hydrogen) atoms. The lowest BCUT2D eigenvalue weighted by atomic mass is 10.2. The fraction of sp³-hybridized carbons (Fsp3) is 0.357. The number of hydrogen-bond acceptors (Lipinski definition) is 4. The molecule has 1 aromatic carbocycles. The molecule has 1 saturated heterocycles. The number of carbonyl (C=O) groups is 1. The summed E-state index contributed by atoms with van der Waals surface area (Å²) in [6.45, 7) is 0.437. The van der Waals surface area contributed by atoms with Crippen LogP contribution in [0.5, 0.6) is 0 Å². The van der Waals surface area contributed by atoms with Crippen molar-refractivity contribution in [3.05, 3.63) is 44.5 Å². The molecule has 6 nitrogen and oxygen atoms in total. The zero-order valence-electron chi connectivity index (χ0n) is 11.2. The Bertz CT molecular complexity index is 818. The average molecular weight is 306 g/mol. The summed E-state index contributed by atoms with van der Waals surface area (Å²) >= 11 is 1.78. The van der Waals surface area contributed by atoms with Crippen molar-refractivity contribution in [2.24, 2.45) is 0 Å². The number of aromatic nitrogens is 2. The van der Waals surface area contributed by atoms with Gasteiger partial charge in [-0.2, -0.15) is 11.8 Å². The van der Waals surface area contributed by atoms with E-state index in [1.54, 1.807) is 11.8 Å². The molecule has 1 aliphatic rings. The first-order chi connectivity index (χ1) is 10.1. The summed E-state index contributed by atoms with van der Waals surface area (Å²) < 4.78 is 1.41. The van der Waals surface area contributed by atoms with E-state index >= 15 is 0 Å². The van der Waals surface area contributed by atoms with Crippen LogP contribution in [0.3, 0.4) is 0 Å². The smallest absolute Gasteiger partial charge is 0.335 e. The van der Waals surface area contributed by atoms with Gasteiger partial charge in [0.15, 0.2) is 0 Å². The summed E-state index contributed by atoms with van der Waals surface area (Å²) in [5.74, 6) is -0.00155. The minimum absolute atomic E-state index is 0.0989. The monoisotopic (exact) mass is 306 g/mol. The maximum absolute atomic E-state index is 12.1. The summed E-state index contributed by atoms with van der Waals surface area (Å²) in [5.41, 5.74) is -0.257. The van der Waals surface area contributed by atoms with Gasteiger partial charge in [0.1, 0.15) is 0 Å². The Morgan fingerprint density at radius 1 is 1.43 bits per heavy atom. The first-order valence-electron chi connectivity index (χ1n) is 6.68. The van der Waals surface area contributed by atoms with Crippen molar-refractivity contribution in [2.75, 3.05) is 5.75 Å². The first kappa shape index (κ1) is 13.9. The van der Waals surface area contributed by atoms with Crippen molar-refractivity contribution in [1.29, 1.82) is 0 Å². The van der Waals surface area contributed by atoms with Crippen LogP contribution in [0.1, 0.15) is 23.2 Å². The molecule has 1 atom stereocenters. The van der Waals surface area contributed by atoms with E-state index in [0.29, 0.717) is 22.8 Å². The van der Waals surface area contributed by atoms with E-state index in [1.807, 2.05) is 0 Å². The molecule has 1 aliphatic heterocycles. The SMILES string of the molecule is O=C(O)c1ccc2[nH]c(=O)c(=O)n(CC3CCCS3)c2c1. The van der Waals surface area contributed by atoms with Gasteiger partial charge < -0.3 is 14.7 Å². The molecule has 1 aromatic heterocycles. The molecule has 0 spiro atoms. The predicted octanol–water partition coefficient (Wildman–Crippen LogP) is 1.28. The average Bonchev–Trinajstić information content (AvgIpc) is 2.96. The van der Waals surface area contributed by atoms with Crippen molar-refractivity contribution in [3.8, 4) is 0 Å². The second kappa shape index (κ2) is 5.40. The molecule has 1 unspecified atom stereocenters. The minimum atomic E-state index is -1.06. The third-order valence-corrected chi connectivity index (χ3v) is 5.01. The fourth-order valence-electron chi connectivity index (χ4n) is 2.57. The van der Waals surface area contributed by atoms with Gasteiger partial charge in [-0.1, -0.05) is 0 Å². The predicted molar refractivity (Wildman–Crippen MR) is 81.3 cm³/mol. The number of nitrogens with one attached hydrogen (secondary N) is 1. The number of thioether (sulfide) groups is 1. The van der Waals surface area contributed by atoms with E-state index in [0.717, 1.165) is 18.6 Å². The summed E-state index contributed by atoms with van der Waals surface area (Å²) in [4.78, 5) is 37.4. The lowest BCUT2D eigenvalue weighted by Crippen LogP contribution is -2.38. The first-order valence-corrected chi connectivity index (χ1v) is 7.73. The van der Waals surface area contributed by atoms with Gasteiger partial charge in [0.2, 0.25) is 0 Å². The molecule has 0 bridgehead atoms. The van der Waals surface area contributed by atoms with Crippen molar-refractivity contribution in [3.63, 3.8) is 0 Å². The number of H-pyrrole nitrogens is 1. The fourth-order valence-corrected chi connectivity index (χ4v) is 3.83. The van der Waals surface area contributed by atoms with Crippen LogP contribution in [-0.4, -0.2) is 31.6 Å². The molecule has 2 aromatic rings. The van der Waals surface area contributed by atoms with Crippen LogP contribution in [-0.2, 0) is 6.54 Å². The highest BCUT2D eigenvalue weighted by atomic mass is 32.2. The highest BCUT2D eigenvalue weighted by molar-refractivity contribution is 8.00. The van der Waals surface area contributed by atoms with Crippen LogP contribution in [0, 0.1) is 0 Å². The van der Waals surface area contributed by atoms with Gasteiger partial charge in [0.05, 0.1) is 16.6 Å². The Labute approximate surface area is 123 Å². The second-order valence-corrected chi connectivity index (χ2v) is 6.45. The van der Waals surface area contributed by atoms with Gasteiger partial charge in [0.25, 0.3) is 0 Å². The molecule has 110 valence electrons. The number of benzene rings is 1. The molecule has 0 amide bonds. The van der Waals surface area contributed by atoms with Gasteiger partial charge in [-0.3, -0.25) is 9.59 Å². The van der Waals surface area contributed by atoms with Crippen molar-refractivity contribution >= 4 is 28.8 Å². The molecule has 0 aliphatic carbocycles. The maximum atomic E-state index is 12.1. The Balaban J connectivity index is 2.20. The van der Waals surface area contributed by atoms with Crippen LogP contribution in [0.15, 0.2) is 27.8 Å². The summed E-state index contributed by atoms with van der Waals surface area (Å²) in [6.07, 6.45) is 2.11. The van der Waals surface area contributed by atoms with Crippen molar-refractivity contribution in [2.45, 2.75) is 24.6 Å². The molecular weight excluding hydrogens is 292 g/mol. The Hall–Kier alpha value is -2.02. The normalized spacial score (nSPS) is 18.2. The maximum Gasteiger partial charge on any atom is 0.335 e. The zero-order chi connectivity index (χ0) is 15.0. The number of carboxylic acid groups (broad SMARTS) is 1. The molecule has 7 heteroatoms.